The Hall–Kier alpha value is -1.91. The summed E-state index contributed by atoms with van der Waals surface area (Å²) in [5.74, 6) is -0.439. The van der Waals surface area contributed by atoms with Gasteiger partial charge in [-0.2, -0.15) is 4.98 Å². The fourth-order valence-corrected chi connectivity index (χ4v) is 0.984. The molecule has 5 heteroatoms. The van der Waals surface area contributed by atoms with Crippen molar-refractivity contribution in [2.75, 3.05) is 7.11 Å². The van der Waals surface area contributed by atoms with Crippen LogP contribution in [0.15, 0.2) is 23.1 Å². The predicted molar refractivity (Wildman–Crippen MR) is 43.1 cm³/mol. The number of nitrogens with zero attached hydrogens (tertiary/aromatic N) is 2. The van der Waals surface area contributed by atoms with Crippen LogP contribution in [0.25, 0.3) is 11.2 Å². The molecule has 2 rings (SSSR count). The molecular weight excluding hydrogens is 172 g/mol. The molecule has 13 heavy (non-hydrogen) atoms. The van der Waals surface area contributed by atoms with E-state index in [2.05, 4.69) is 14.7 Å². The monoisotopic (exact) mass is 178 g/mol. The summed E-state index contributed by atoms with van der Waals surface area (Å²) in [6, 6.07) is 1.54. The maximum atomic E-state index is 11.1. The Morgan fingerprint density at radius 3 is 3.15 bits per heavy atom. The summed E-state index contributed by atoms with van der Waals surface area (Å²) in [7, 11) is 1.31. The molecule has 0 N–H and O–H groups in total. The molecule has 0 aromatic carbocycles. The van der Waals surface area contributed by atoms with Gasteiger partial charge in [0.15, 0.2) is 17.6 Å². The molecule has 0 aliphatic heterocycles. The van der Waals surface area contributed by atoms with E-state index in [1.807, 2.05) is 0 Å². The first-order valence-corrected chi connectivity index (χ1v) is 3.59. The van der Waals surface area contributed by atoms with Crippen molar-refractivity contribution in [3.05, 3.63) is 24.2 Å². The first-order chi connectivity index (χ1) is 6.31. The number of carbonyl (C=O) groups is 1. The Morgan fingerprint density at radius 1 is 1.54 bits per heavy atom. The molecular formula is C8H6N2O3. The number of methoxy groups -OCH3 is 1. The van der Waals surface area contributed by atoms with Crippen LogP contribution in [0.2, 0.25) is 0 Å². The summed E-state index contributed by atoms with van der Waals surface area (Å²) in [4.78, 5) is 18.8. The van der Waals surface area contributed by atoms with Crippen LogP contribution in [0.5, 0.6) is 0 Å². The van der Waals surface area contributed by atoms with Crippen LogP contribution < -0.4 is 0 Å². The number of esters is 1. The molecule has 5 nitrogen and oxygen atoms in total. The summed E-state index contributed by atoms with van der Waals surface area (Å²) in [5.41, 5.74) is 1.31. The van der Waals surface area contributed by atoms with Gasteiger partial charge in [0.2, 0.25) is 0 Å². The molecule has 2 aromatic heterocycles. The molecule has 0 atom stereocenters. The van der Waals surface area contributed by atoms with Gasteiger partial charge in [-0.05, 0) is 0 Å². The fourth-order valence-electron chi connectivity index (χ4n) is 0.984. The molecule has 0 fully saturated rings. The second-order valence-electron chi connectivity index (χ2n) is 2.39. The van der Waals surface area contributed by atoms with E-state index in [1.54, 1.807) is 6.07 Å². The van der Waals surface area contributed by atoms with Crippen molar-refractivity contribution in [3.8, 4) is 0 Å². The van der Waals surface area contributed by atoms with E-state index in [4.69, 9.17) is 4.42 Å². The predicted octanol–water partition coefficient (Wildman–Crippen LogP) is 1.01. The van der Waals surface area contributed by atoms with E-state index in [1.165, 1.54) is 19.7 Å². The van der Waals surface area contributed by atoms with Gasteiger partial charge in [0.05, 0.1) is 12.7 Å². The van der Waals surface area contributed by atoms with Gasteiger partial charge in [0.25, 0.3) is 0 Å². The van der Waals surface area contributed by atoms with Gasteiger partial charge in [-0.25, -0.2) is 9.78 Å². The minimum absolute atomic E-state index is 0.353. The average molecular weight is 178 g/mol. The molecule has 0 bridgehead atoms. The minimum Gasteiger partial charge on any atom is -0.465 e. The highest BCUT2D eigenvalue weighted by Crippen LogP contribution is 2.11. The van der Waals surface area contributed by atoms with Gasteiger partial charge in [0, 0.05) is 12.3 Å². The number of hydrogen-bond acceptors (Lipinski definition) is 5. The van der Waals surface area contributed by atoms with Crippen molar-refractivity contribution in [1.82, 2.24) is 9.97 Å². The SMILES string of the molecule is COC(=O)c1cnc2ncoc2c1. The lowest BCUT2D eigenvalue weighted by atomic mass is 10.3. The van der Waals surface area contributed by atoms with Crippen molar-refractivity contribution >= 4 is 17.2 Å². The number of pyridine rings is 1. The van der Waals surface area contributed by atoms with E-state index in [9.17, 15) is 4.79 Å². The van der Waals surface area contributed by atoms with Crippen molar-refractivity contribution < 1.29 is 13.9 Å². The third-order valence-electron chi connectivity index (χ3n) is 1.61. The average Bonchev–Trinajstić information content (AvgIpc) is 2.63. The Bertz CT molecular complexity index is 449. The lowest BCUT2D eigenvalue weighted by molar-refractivity contribution is 0.0600. The van der Waals surface area contributed by atoms with Crippen molar-refractivity contribution in [1.29, 1.82) is 0 Å². The molecule has 2 aromatic rings. The highest BCUT2D eigenvalue weighted by molar-refractivity contribution is 5.91. The lowest BCUT2D eigenvalue weighted by Gasteiger charge is -1.96. The third-order valence-corrected chi connectivity index (χ3v) is 1.61. The van der Waals surface area contributed by atoms with E-state index in [-0.39, 0.29) is 0 Å². The zero-order valence-corrected chi connectivity index (χ0v) is 6.85. The standard InChI is InChI=1S/C8H6N2O3/c1-12-8(11)5-2-6-7(9-3-5)10-4-13-6/h2-4H,1H3. The summed E-state index contributed by atoms with van der Waals surface area (Å²) < 4.78 is 9.49. The van der Waals surface area contributed by atoms with Crippen molar-refractivity contribution in [3.63, 3.8) is 0 Å². The van der Waals surface area contributed by atoms with Crippen LogP contribution in [0.4, 0.5) is 0 Å². The molecule has 0 aliphatic rings. The van der Waals surface area contributed by atoms with Gasteiger partial charge < -0.3 is 9.15 Å². The molecule has 0 saturated heterocycles. The molecule has 0 saturated carbocycles. The van der Waals surface area contributed by atoms with Crippen LogP contribution in [0.3, 0.4) is 0 Å². The topological polar surface area (TPSA) is 65.2 Å². The number of aromatic nitrogens is 2. The second-order valence-corrected chi connectivity index (χ2v) is 2.39. The Kier molecular flexibility index (Phi) is 1.70. The third kappa shape index (κ3) is 1.24. The first-order valence-electron chi connectivity index (χ1n) is 3.59. The van der Waals surface area contributed by atoms with Crippen LogP contribution in [0, 0.1) is 0 Å². The van der Waals surface area contributed by atoms with Crippen LogP contribution >= 0.6 is 0 Å². The molecule has 0 radical (unpaired) electrons. The van der Waals surface area contributed by atoms with Gasteiger partial charge in [-0.1, -0.05) is 0 Å². The van der Waals surface area contributed by atoms with Gasteiger partial charge >= 0.3 is 5.97 Å². The van der Waals surface area contributed by atoms with E-state index < -0.39 is 5.97 Å². The van der Waals surface area contributed by atoms with Crippen molar-refractivity contribution in [2.45, 2.75) is 0 Å². The molecule has 66 valence electrons. The molecule has 0 spiro atoms. The van der Waals surface area contributed by atoms with E-state index in [0.29, 0.717) is 16.8 Å². The molecule has 2 heterocycles. The van der Waals surface area contributed by atoms with Gasteiger partial charge in [0.1, 0.15) is 0 Å². The summed E-state index contributed by atoms with van der Waals surface area (Å²) in [6.07, 6.45) is 2.68. The number of hydrogen-bond donors (Lipinski definition) is 0. The normalized spacial score (nSPS) is 10.2. The number of carbonyl (C=O) groups excluding carboxylic acids is 1. The number of rotatable bonds is 1. The maximum absolute atomic E-state index is 11.1. The Labute approximate surface area is 73.4 Å². The minimum atomic E-state index is -0.439. The zero-order valence-electron chi connectivity index (χ0n) is 6.85. The van der Waals surface area contributed by atoms with Crippen LogP contribution in [0.1, 0.15) is 10.4 Å². The summed E-state index contributed by atoms with van der Waals surface area (Å²) in [5, 5.41) is 0. The fraction of sp³-hybridized carbons (Fsp3) is 0.125. The maximum Gasteiger partial charge on any atom is 0.339 e. The first kappa shape index (κ1) is 7.72. The quantitative estimate of drug-likeness (QED) is 0.609. The van der Waals surface area contributed by atoms with Crippen LogP contribution in [-0.4, -0.2) is 23.0 Å². The smallest absolute Gasteiger partial charge is 0.339 e. The second kappa shape index (κ2) is 2.85. The van der Waals surface area contributed by atoms with Crippen LogP contribution in [-0.2, 0) is 4.74 Å². The van der Waals surface area contributed by atoms with Gasteiger partial charge in [-0.15, -0.1) is 0 Å². The Balaban J connectivity index is 2.54. The lowest BCUT2D eigenvalue weighted by Crippen LogP contribution is -2.01. The molecule has 0 amide bonds. The van der Waals surface area contributed by atoms with E-state index >= 15 is 0 Å². The highest BCUT2D eigenvalue weighted by atomic mass is 16.5. The largest absolute Gasteiger partial charge is 0.465 e. The molecule has 0 unspecified atom stereocenters. The van der Waals surface area contributed by atoms with E-state index in [0.717, 1.165) is 0 Å². The van der Waals surface area contributed by atoms with Crippen molar-refractivity contribution in [2.24, 2.45) is 0 Å². The summed E-state index contributed by atoms with van der Waals surface area (Å²) >= 11 is 0. The number of ether oxygens (including phenoxy) is 1. The van der Waals surface area contributed by atoms with Gasteiger partial charge in [-0.3, -0.25) is 0 Å². The number of fused-ring (bicyclic) bond motifs is 1. The summed E-state index contributed by atoms with van der Waals surface area (Å²) in [6.45, 7) is 0. The highest BCUT2D eigenvalue weighted by Gasteiger charge is 2.08. The zero-order chi connectivity index (χ0) is 9.26. The number of oxazole rings is 1. The molecule has 0 aliphatic carbocycles. The Morgan fingerprint density at radius 2 is 2.38 bits per heavy atom.